The van der Waals surface area contributed by atoms with Gasteiger partial charge in [-0.3, -0.25) is 4.98 Å². The Kier molecular flexibility index (Phi) is 5.37. The van der Waals surface area contributed by atoms with Gasteiger partial charge >= 0.3 is 6.03 Å². The predicted molar refractivity (Wildman–Crippen MR) is 84.9 cm³/mol. The first-order valence-corrected chi connectivity index (χ1v) is 8.04. The average Bonchev–Trinajstić information content (AvgIpc) is 3.04. The third kappa shape index (κ3) is 4.51. The third-order valence-electron chi connectivity index (χ3n) is 3.82. The van der Waals surface area contributed by atoms with Gasteiger partial charge in [-0.25, -0.2) is 4.79 Å². The zero-order chi connectivity index (χ0) is 16.8. The Morgan fingerprint density at radius 2 is 2.38 bits per heavy atom. The summed E-state index contributed by atoms with van der Waals surface area (Å²) in [5.74, 6) is 0.890. The number of carbonyl (C=O) groups excluding carboxylic acids is 1. The quantitative estimate of drug-likeness (QED) is 0.895. The van der Waals surface area contributed by atoms with Gasteiger partial charge in [0.1, 0.15) is 0 Å². The molecule has 1 saturated heterocycles. The molecule has 8 heteroatoms. The van der Waals surface area contributed by atoms with Crippen molar-refractivity contribution >= 4 is 6.03 Å². The maximum Gasteiger partial charge on any atom is 0.317 e. The highest BCUT2D eigenvalue weighted by Crippen LogP contribution is 2.15. The Balaban J connectivity index is 1.45. The summed E-state index contributed by atoms with van der Waals surface area (Å²) in [6.45, 7) is 3.70. The maximum absolute atomic E-state index is 12.3. The molecule has 0 radical (unpaired) electrons. The van der Waals surface area contributed by atoms with Crippen molar-refractivity contribution in [1.82, 2.24) is 25.4 Å². The lowest BCUT2D eigenvalue weighted by molar-refractivity contribution is -0.00172. The van der Waals surface area contributed by atoms with E-state index < -0.39 is 0 Å². The van der Waals surface area contributed by atoms with Crippen LogP contribution in [0.3, 0.4) is 0 Å². The molecular formula is C16H21N5O3. The van der Waals surface area contributed by atoms with Crippen molar-refractivity contribution in [3.05, 3.63) is 41.9 Å². The number of amides is 2. The van der Waals surface area contributed by atoms with Gasteiger partial charge < -0.3 is 19.4 Å². The first kappa shape index (κ1) is 16.4. The van der Waals surface area contributed by atoms with Crippen molar-refractivity contribution < 1.29 is 13.9 Å². The van der Waals surface area contributed by atoms with Gasteiger partial charge in [-0.2, -0.15) is 0 Å². The number of piperidine rings is 1. The Bertz CT molecular complexity index is 661. The number of urea groups is 1. The van der Waals surface area contributed by atoms with E-state index in [4.69, 9.17) is 9.15 Å². The van der Waals surface area contributed by atoms with E-state index >= 15 is 0 Å². The third-order valence-corrected chi connectivity index (χ3v) is 3.82. The smallest absolute Gasteiger partial charge is 0.317 e. The molecule has 2 amide bonds. The first-order chi connectivity index (χ1) is 11.7. The topological polar surface area (TPSA) is 93.4 Å². The number of aromatic nitrogens is 3. The average molecular weight is 331 g/mol. The molecule has 1 atom stereocenters. The molecule has 0 spiro atoms. The number of pyridine rings is 1. The van der Waals surface area contributed by atoms with Gasteiger partial charge in [-0.05, 0) is 25.0 Å². The molecule has 1 aliphatic rings. The second kappa shape index (κ2) is 7.87. The first-order valence-electron chi connectivity index (χ1n) is 8.04. The summed E-state index contributed by atoms with van der Waals surface area (Å²) in [6.07, 6.45) is 3.63. The van der Waals surface area contributed by atoms with E-state index in [9.17, 15) is 4.79 Å². The van der Waals surface area contributed by atoms with Crippen molar-refractivity contribution in [2.45, 2.75) is 39.0 Å². The second-order valence-electron chi connectivity index (χ2n) is 5.72. The highest BCUT2D eigenvalue weighted by atomic mass is 16.5. The Hall–Kier alpha value is -2.48. The summed E-state index contributed by atoms with van der Waals surface area (Å²) in [4.78, 5) is 18.3. The van der Waals surface area contributed by atoms with E-state index in [1.54, 1.807) is 18.0 Å². The fraction of sp³-hybridized carbons (Fsp3) is 0.500. The molecule has 1 fully saturated rings. The number of nitrogens with one attached hydrogen (secondary N) is 1. The monoisotopic (exact) mass is 331 g/mol. The lowest BCUT2D eigenvalue weighted by atomic mass is 10.1. The van der Waals surface area contributed by atoms with Crippen LogP contribution in [-0.2, 0) is 17.9 Å². The Morgan fingerprint density at radius 3 is 3.12 bits per heavy atom. The summed E-state index contributed by atoms with van der Waals surface area (Å²) >= 11 is 0. The molecule has 2 aromatic rings. The Labute approximate surface area is 140 Å². The van der Waals surface area contributed by atoms with Crippen molar-refractivity contribution in [1.29, 1.82) is 0 Å². The summed E-state index contributed by atoms with van der Waals surface area (Å²) in [7, 11) is 0. The molecule has 24 heavy (non-hydrogen) atoms. The zero-order valence-electron chi connectivity index (χ0n) is 13.6. The van der Waals surface area contributed by atoms with E-state index in [1.807, 2.05) is 18.2 Å². The lowest BCUT2D eigenvalue weighted by Crippen LogP contribution is -2.47. The highest BCUT2D eigenvalue weighted by Gasteiger charge is 2.24. The van der Waals surface area contributed by atoms with Gasteiger partial charge in [-0.15, -0.1) is 10.2 Å². The fourth-order valence-corrected chi connectivity index (χ4v) is 2.62. The SMILES string of the molecule is Cc1nnc(CNC(=O)N2CCC[C@H](OCc3ccccn3)C2)o1. The van der Waals surface area contributed by atoms with Crippen LogP contribution in [0.5, 0.6) is 0 Å². The molecule has 128 valence electrons. The molecule has 3 rings (SSSR count). The molecule has 0 bridgehead atoms. The van der Waals surface area contributed by atoms with Crippen LogP contribution in [0.1, 0.15) is 30.3 Å². The number of hydrogen-bond acceptors (Lipinski definition) is 6. The van der Waals surface area contributed by atoms with Crippen LogP contribution in [0.2, 0.25) is 0 Å². The number of nitrogens with zero attached hydrogens (tertiary/aromatic N) is 4. The van der Waals surface area contributed by atoms with Gasteiger partial charge in [0.25, 0.3) is 0 Å². The minimum atomic E-state index is -0.142. The summed E-state index contributed by atoms with van der Waals surface area (Å²) < 4.78 is 11.1. The minimum Gasteiger partial charge on any atom is -0.424 e. The highest BCUT2D eigenvalue weighted by molar-refractivity contribution is 5.74. The molecule has 0 aliphatic carbocycles. The summed E-state index contributed by atoms with van der Waals surface area (Å²) in [6, 6.07) is 5.60. The van der Waals surface area contributed by atoms with Crippen molar-refractivity contribution in [3.8, 4) is 0 Å². The second-order valence-corrected chi connectivity index (χ2v) is 5.72. The molecule has 2 aromatic heterocycles. The zero-order valence-corrected chi connectivity index (χ0v) is 13.6. The van der Waals surface area contributed by atoms with E-state index in [2.05, 4.69) is 20.5 Å². The van der Waals surface area contributed by atoms with Gasteiger partial charge in [0.05, 0.1) is 24.9 Å². The van der Waals surface area contributed by atoms with Crippen molar-refractivity contribution in [2.75, 3.05) is 13.1 Å². The molecule has 0 saturated carbocycles. The van der Waals surface area contributed by atoms with Crippen LogP contribution >= 0.6 is 0 Å². The summed E-state index contributed by atoms with van der Waals surface area (Å²) in [5.41, 5.74) is 0.894. The summed E-state index contributed by atoms with van der Waals surface area (Å²) in [5, 5.41) is 10.4. The molecule has 8 nitrogen and oxygen atoms in total. The molecule has 0 aromatic carbocycles. The van der Waals surface area contributed by atoms with Crippen molar-refractivity contribution in [3.63, 3.8) is 0 Å². The van der Waals surface area contributed by atoms with Gasteiger partial charge in [-0.1, -0.05) is 6.07 Å². The van der Waals surface area contributed by atoms with Gasteiger partial charge in [0, 0.05) is 26.2 Å². The molecular weight excluding hydrogens is 310 g/mol. The standard InChI is InChI=1S/C16H21N5O3/c1-12-19-20-15(24-12)9-18-16(22)21-8-4-6-14(10-21)23-11-13-5-2-3-7-17-13/h2-3,5,7,14H,4,6,8-11H2,1H3,(H,18,22)/t14-/m0/s1. The number of rotatable bonds is 5. The van der Waals surface area contributed by atoms with E-state index in [0.29, 0.717) is 24.9 Å². The van der Waals surface area contributed by atoms with Crippen LogP contribution in [-0.4, -0.2) is 45.3 Å². The van der Waals surface area contributed by atoms with Crippen LogP contribution in [0.15, 0.2) is 28.8 Å². The van der Waals surface area contributed by atoms with E-state index in [0.717, 1.165) is 25.1 Å². The van der Waals surface area contributed by atoms with Gasteiger partial charge in [0.15, 0.2) is 0 Å². The van der Waals surface area contributed by atoms with E-state index in [1.165, 1.54) is 0 Å². The lowest BCUT2D eigenvalue weighted by Gasteiger charge is -2.32. The number of hydrogen-bond donors (Lipinski definition) is 1. The van der Waals surface area contributed by atoms with Gasteiger partial charge in [0.2, 0.25) is 11.8 Å². The largest absolute Gasteiger partial charge is 0.424 e. The maximum atomic E-state index is 12.3. The van der Waals surface area contributed by atoms with Crippen LogP contribution in [0, 0.1) is 6.92 Å². The van der Waals surface area contributed by atoms with Crippen LogP contribution < -0.4 is 5.32 Å². The number of aryl methyl sites for hydroxylation is 1. The number of likely N-dealkylation sites (tertiary alicyclic amines) is 1. The van der Waals surface area contributed by atoms with Crippen molar-refractivity contribution in [2.24, 2.45) is 0 Å². The molecule has 1 N–H and O–H groups in total. The predicted octanol–water partition coefficient (Wildman–Crippen LogP) is 1.66. The fourth-order valence-electron chi connectivity index (χ4n) is 2.62. The Morgan fingerprint density at radius 1 is 1.46 bits per heavy atom. The normalized spacial score (nSPS) is 17.7. The minimum absolute atomic E-state index is 0.0251. The number of carbonyl (C=O) groups is 1. The van der Waals surface area contributed by atoms with Crippen LogP contribution in [0.25, 0.3) is 0 Å². The number of ether oxygens (including phenoxy) is 1. The van der Waals surface area contributed by atoms with Crippen LogP contribution in [0.4, 0.5) is 4.79 Å². The molecule has 0 unspecified atom stereocenters. The molecule has 3 heterocycles. The molecule has 1 aliphatic heterocycles. The van der Waals surface area contributed by atoms with E-state index in [-0.39, 0.29) is 18.7 Å².